The minimum atomic E-state index is -3.39. The first-order valence-electron chi connectivity index (χ1n) is 4.46. The van der Waals surface area contributed by atoms with E-state index in [1.54, 1.807) is 11.8 Å². The first kappa shape index (κ1) is 13.8. The maximum Gasteiger partial charge on any atom is 0.234 e. The molecule has 4 nitrogen and oxygen atoms in total. The summed E-state index contributed by atoms with van der Waals surface area (Å²) in [7, 11) is -3.39. The van der Waals surface area contributed by atoms with Gasteiger partial charge in [-0.25, -0.2) is 8.42 Å². The summed E-state index contributed by atoms with van der Waals surface area (Å²) in [6.07, 6.45) is 0.575. The number of sulfonamides is 1. The molecular formula is C8H19NO3S2. The van der Waals surface area contributed by atoms with Crippen LogP contribution in [0.5, 0.6) is 0 Å². The Labute approximate surface area is 91.4 Å². The van der Waals surface area contributed by atoms with Crippen LogP contribution in [-0.4, -0.2) is 31.1 Å². The molecule has 0 atom stereocenters. The molecule has 0 rings (SSSR count). The van der Waals surface area contributed by atoms with Crippen LogP contribution < -0.4 is 4.72 Å². The molecule has 86 valence electrons. The second-order valence-electron chi connectivity index (χ2n) is 3.25. The molecule has 1 N–H and O–H groups in total. The van der Waals surface area contributed by atoms with Crippen LogP contribution in [0.15, 0.2) is 0 Å². The monoisotopic (exact) mass is 241 g/mol. The summed E-state index contributed by atoms with van der Waals surface area (Å²) in [4.78, 5) is 10.5. The lowest BCUT2D eigenvalue weighted by atomic mass is 10.6. The van der Waals surface area contributed by atoms with Gasteiger partial charge in [0.1, 0.15) is 0 Å². The van der Waals surface area contributed by atoms with E-state index >= 15 is 0 Å². The average Bonchev–Trinajstić information content (AvgIpc) is 1.95. The normalized spacial score (nSPS) is 11.7. The maximum absolute atomic E-state index is 11.1. The van der Waals surface area contributed by atoms with Gasteiger partial charge in [0.05, 0.1) is 5.75 Å². The van der Waals surface area contributed by atoms with Gasteiger partial charge in [-0.15, -0.1) is 0 Å². The van der Waals surface area contributed by atoms with Crippen molar-refractivity contribution in [2.24, 2.45) is 0 Å². The van der Waals surface area contributed by atoms with Crippen molar-refractivity contribution >= 4 is 27.7 Å². The highest BCUT2D eigenvalue weighted by Gasteiger charge is 2.10. The predicted octanol–water partition coefficient (Wildman–Crippen LogP) is 1.23. The van der Waals surface area contributed by atoms with Gasteiger partial charge in [-0.05, 0) is 17.4 Å². The van der Waals surface area contributed by atoms with E-state index < -0.39 is 15.9 Å². The largest absolute Gasteiger partial charge is 0.274 e. The van der Waals surface area contributed by atoms with E-state index in [2.05, 4.69) is 13.8 Å². The summed E-state index contributed by atoms with van der Waals surface area (Å²) in [5.74, 6) is 0.296. The summed E-state index contributed by atoms with van der Waals surface area (Å²) in [6.45, 7) is 5.32. The number of nitrogens with one attached hydrogen (secondary N) is 1. The Hall–Kier alpha value is -0.230. The third-order valence-corrected chi connectivity index (χ3v) is 3.92. The number of rotatable bonds is 6. The van der Waals surface area contributed by atoms with E-state index in [-0.39, 0.29) is 7.18 Å². The number of carbonyl (C=O) groups is 1. The molecule has 0 fully saturated rings. The van der Waals surface area contributed by atoms with Crippen LogP contribution in [0, 0.1) is 0 Å². The van der Waals surface area contributed by atoms with E-state index in [0.717, 1.165) is 5.75 Å². The minimum absolute atomic E-state index is 0. The maximum atomic E-state index is 11.1. The van der Waals surface area contributed by atoms with Gasteiger partial charge in [-0.2, -0.15) is 11.8 Å². The van der Waals surface area contributed by atoms with Crippen LogP contribution in [0.3, 0.4) is 0 Å². The smallest absolute Gasteiger partial charge is 0.234 e. The van der Waals surface area contributed by atoms with Gasteiger partial charge in [-0.1, -0.05) is 13.8 Å². The van der Waals surface area contributed by atoms with Crippen molar-refractivity contribution < 1.29 is 14.6 Å². The molecule has 0 spiro atoms. The van der Waals surface area contributed by atoms with Crippen LogP contribution in [0.25, 0.3) is 0 Å². The van der Waals surface area contributed by atoms with Crippen LogP contribution in [0.1, 0.15) is 28.6 Å². The van der Waals surface area contributed by atoms with Gasteiger partial charge in [0.25, 0.3) is 0 Å². The average molecular weight is 241 g/mol. The van der Waals surface area contributed by atoms with Crippen LogP contribution in [0.4, 0.5) is 0 Å². The molecule has 0 radical (unpaired) electrons. The fourth-order valence-electron chi connectivity index (χ4n) is 0.838. The van der Waals surface area contributed by atoms with E-state index in [4.69, 9.17) is 0 Å². The molecule has 6 heteroatoms. The van der Waals surface area contributed by atoms with E-state index in [9.17, 15) is 13.2 Å². The van der Waals surface area contributed by atoms with Gasteiger partial charge in [-0.3, -0.25) is 9.52 Å². The molecule has 0 aliphatic carbocycles. The van der Waals surface area contributed by atoms with Crippen molar-refractivity contribution in [2.75, 3.05) is 11.5 Å². The summed E-state index contributed by atoms with van der Waals surface area (Å²) in [6, 6.07) is 0. The van der Waals surface area contributed by atoms with E-state index in [0.29, 0.717) is 11.7 Å². The number of hydrogen-bond acceptors (Lipinski definition) is 4. The lowest BCUT2D eigenvalue weighted by Crippen LogP contribution is -2.30. The van der Waals surface area contributed by atoms with Crippen molar-refractivity contribution in [1.29, 1.82) is 0 Å². The molecule has 0 heterocycles. The number of amides is 1. The molecule has 0 bridgehead atoms. The SMILES string of the molecule is CC(=O)NS(=O)(=O)CCCSC(C)C.[HH]. The van der Waals surface area contributed by atoms with Gasteiger partial charge in [0.2, 0.25) is 15.9 Å². The third kappa shape index (κ3) is 8.37. The third-order valence-electron chi connectivity index (χ3n) is 1.31. The highest BCUT2D eigenvalue weighted by Crippen LogP contribution is 2.10. The molecule has 0 aromatic carbocycles. The molecule has 0 saturated carbocycles. The molecule has 0 aromatic heterocycles. The number of hydrogen-bond donors (Lipinski definition) is 1. The van der Waals surface area contributed by atoms with Crippen molar-refractivity contribution in [1.82, 2.24) is 4.72 Å². The Balaban J connectivity index is 0. The molecule has 0 unspecified atom stereocenters. The molecule has 0 saturated heterocycles. The zero-order chi connectivity index (χ0) is 11.2. The summed E-state index contributed by atoms with van der Waals surface area (Å²) in [5.41, 5.74) is 0. The second kappa shape index (κ2) is 6.29. The lowest BCUT2D eigenvalue weighted by Gasteiger charge is -2.05. The van der Waals surface area contributed by atoms with Gasteiger partial charge < -0.3 is 0 Å². The Morgan fingerprint density at radius 3 is 2.50 bits per heavy atom. The van der Waals surface area contributed by atoms with Crippen LogP contribution in [-0.2, 0) is 14.8 Å². The zero-order valence-electron chi connectivity index (χ0n) is 8.74. The zero-order valence-corrected chi connectivity index (χ0v) is 10.4. The van der Waals surface area contributed by atoms with Gasteiger partial charge in [0.15, 0.2) is 0 Å². The van der Waals surface area contributed by atoms with Gasteiger partial charge >= 0.3 is 0 Å². The Kier molecular flexibility index (Phi) is 6.19. The lowest BCUT2D eigenvalue weighted by molar-refractivity contribution is -0.117. The molecule has 0 aliphatic heterocycles. The number of thioether (sulfide) groups is 1. The van der Waals surface area contributed by atoms with Crippen molar-refractivity contribution in [3.63, 3.8) is 0 Å². The first-order chi connectivity index (χ1) is 6.33. The van der Waals surface area contributed by atoms with Gasteiger partial charge in [0, 0.05) is 8.35 Å². The van der Waals surface area contributed by atoms with Crippen LogP contribution in [0.2, 0.25) is 0 Å². The highest BCUT2D eigenvalue weighted by atomic mass is 32.2. The topological polar surface area (TPSA) is 63.2 Å². The number of carbonyl (C=O) groups excluding carboxylic acids is 1. The quantitative estimate of drug-likeness (QED) is 0.710. The summed E-state index contributed by atoms with van der Waals surface area (Å²) >= 11 is 1.71. The standard InChI is InChI=1S/C8H17NO3S2.H2/c1-7(2)13-5-4-6-14(11,12)9-8(3)10;/h7H,4-6H2,1-3H3,(H,9,10);1H. The fourth-order valence-corrected chi connectivity index (χ4v) is 2.87. The Morgan fingerprint density at radius 2 is 2.07 bits per heavy atom. The molecule has 1 amide bonds. The summed E-state index contributed by atoms with van der Waals surface area (Å²) in [5, 5.41) is 0.512. The van der Waals surface area contributed by atoms with Crippen molar-refractivity contribution in [2.45, 2.75) is 32.4 Å². The van der Waals surface area contributed by atoms with E-state index in [1.807, 2.05) is 4.72 Å². The predicted molar refractivity (Wildman–Crippen MR) is 61.9 cm³/mol. The molecule has 0 aromatic rings. The minimum Gasteiger partial charge on any atom is -0.274 e. The Morgan fingerprint density at radius 1 is 1.50 bits per heavy atom. The van der Waals surface area contributed by atoms with Crippen molar-refractivity contribution in [3.8, 4) is 0 Å². The first-order valence-corrected chi connectivity index (χ1v) is 7.16. The van der Waals surface area contributed by atoms with E-state index in [1.165, 1.54) is 6.92 Å². The fraction of sp³-hybridized carbons (Fsp3) is 0.875. The van der Waals surface area contributed by atoms with Crippen LogP contribution >= 0.6 is 11.8 Å². The molecular weight excluding hydrogens is 222 g/mol. The second-order valence-corrected chi connectivity index (χ2v) is 6.78. The molecule has 0 aliphatic rings. The Bertz CT molecular complexity index is 278. The molecule has 14 heavy (non-hydrogen) atoms. The summed E-state index contributed by atoms with van der Waals surface area (Å²) < 4.78 is 24.2. The van der Waals surface area contributed by atoms with Crippen molar-refractivity contribution in [3.05, 3.63) is 0 Å². The highest BCUT2D eigenvalue weighted by molar-refractivity contribution is 7.99.